The Kier molecular flexibility index (Phi) is 4.68. The lowest BCUT2D eigenvalue weighted by atomic mass is 9.99. The second-order valence-electron chi connectivity index (χ2n) is 5.33. The molecule has 0 unspecified atom stereocenters. The van der Waals surface area contributed by atoms with E-state index in [2.05, 4.69) is 47.2 Å². The van der Waals surface area contributed by atoms with Crippen LogP contribution in [0.3, 0.4) is 0 Å². The number of benzene rings is 1. The molecule has 1 aromatic carbocycles. The summed E-state index contributed by atoms with van der Waals surface area (Å²) in [5.74, 6) is 0.843. The van der Waals surface area contributed by atoms with Crippen LogP contribution in [0, 0.1) is 6.92 Å². The van der Waals surface area contributed by atoms with Crippen LogP contribution in [0.2, 0.25) is 0 Å². The number of thioether (sulfide) groups is 1. The van der Waals surface area contributed by atoms with Crippen molar-refractivity contribution < 1.29 is 0 Å². The van der Waals surface area contributed by atoms with Crippen LogP contribution in [0.1, 0.15) is 35.7 Å². The lowest BCUT2D eigenvalue weighted by molar-refractivity contribution is 1.13. The fourth-order valence-corrected chi connectivity index (χ4v) is 3.29. The van der Waals surface area contributed by atoms with Gasteiger partial charge >= 0.3 is 0 Å². The monoisotopic (exact) mass is 309 g/mol. The summed E-state index contributed by atoms with van der Waals surface area (Å²) in [6.07, 6.45) is 3.71. The maximum atomic E-state index is 4.38. The topological polar surface area (TPSA) is 37.6 Å². The minimum Gasteiger partial charge on any atom is -0.260 e. The molecule has 3 nitrogen and oxygen atoms in total. The standard InChI is InChI=1S/C18H19N3S/c1-3-14-7-8-16(13(2)10-14)17-11-18(21-20-17)22-12-15-6-4-5-9-19-15/h4-10H,3,11-12H2,1-2H3. The van der Waals surface area contributed by atoms with E-state index in [0.29, 0.717) is 0 Å². The second kappa shape index (κ2) is 6.88. The van der Waals surface area contributed by atoms with E-state index in [-0.39, 0.29) is 0 Å². The van der Waals surface area contributed by atoms with Gasteiger partial charge in [-0.2, -0.15) is 5.10 Å². The molecule has 0 bridgehead atoms. The van der Waals surface area contributed by atoms with Crippen molar-refractivity contribution >= 4 is 22.5 Å². The van der Waals surface area contributed by atoms with Gasteiger partial charge in [0, 0.05) is 23.9 Å². The van der Waals surface area contributed by atoms with E-state index in [0.717, 1.165) is 35.0 Å². The predicted octanol–water partition coefficient (Wildman–Crippen LogP) is 4.39. The highest BCUT2D eigenvalue weighted by atomic mass is 32.2. The molecule has 0 fully saturated rings. The molecule has 1 aliphatic heterocycles. The molecule has 0 saturated heterocycles. The maximum Gasteiger partial charge on any atom is 0.102 e. The molecule has 2 aromatic rings. The largest absolute Gasteiger partial charge is 0.260 e. The molecule has 1 aromatic heterocycles. The highest BCUT2D eigenvalue weighted by Crippen LogP contribution is 2.23. The first-order valence-electron chi connectivity index (χ1n) is 7.52. The molecule has 3 rings (SSSR count). The number of hydrogen-bond donors (Lipinski definition) is 0. The van der Waals surface area contributed by atoms with Crippen molar-refractivity contribution in [3.05, 3.63) is 65.0 Å². The van der Waals surface area contributed by atoms with E-state index >= 15 is 0 Å². The highest BCUT2D eigenvalue weighted by Gasteiger charge is 2.16. The second-order valence-corrected chi connectivity index (χ2v) is 6.38. The number of aryl methyl sites for hydroxylation is 2. The summed E-state index contributed by atoms with van der Waals surface area (Å²) in [6, 6.07) is 12.6. The Bertz CT molecular complexity index is 720. The fraction of sp³-hybridized carbons (Fsp3) is 0.278. The first-order chi connectivity index (χ1) is 10.8. The summed E-state index contributed by atoms with van der Waals surface area (Å²) in [7, 11) is 0. The van der Waals surface area contributed by atoms with Crippen LogP contribution in [0.15, 0.2) is 52.8 Å². The molecule has 1 aliphatic rings. The smallest absolute Gasteiger partial charge is 0.102 e. The van der Waals surface area contributed by atoms with Crippen LogP contribution in [0.25, 0.3) is 0 Å². The van der Waals surface area contributed by atoms with Crippen LogP contribution in [-0.4, -0.2) is 15.7 Å². The van der Waals surface area contributed by atoms with Gasteiger partial charge in [0.15, 0.2) is 0 Å². The Balaban J connectivity index is 1.61. The maximum absolute atomic E-state index is 4.38. The van der Waals surface area contributed by atoms with Gasteiger partial charge in [-0.15, -0.1) is 16.9 Å². The van der Waals surface area contributed by atoms with Gasteiger partial charge in [-0.05, 0) is 36.6 Å². The number of aromatic nitrogens is 1. The Morgan fingerprint density at radius 1 is 1.14 bits per heavy atom. The average Bonchev–Trinajstić information content (AvgIpc) is 3.02. The molecule has 0 aliphatic carbocycles. The SMILES string of the molecule is CCc1ccc(C2=NN=C(SCc3ccccn3)C2)c(C)c1. The summed E-state index contributed by atoms with van der Waals surface area (Å²) in [6.45, 7) is 4.33. The fourth-order valence-electron chi connectivity index (χ4n) is 2.47. The van der Waals surface area contributed by atoms with Crippen molar-refractivity contribution in [2.45, 2.75) is 32.4 Å². The van der Waals surface area contributed by atoms with Crippen LogP contribution >= 0.6 is 11.8 Å². The van der Waals surface area contributed by atoms with E-state index in [9.17, 15) is 0 Å². The summed E-state index contributed by atoms with van der Waals surface area (Å²) < 4.78 is 0. The van der Waals surface area contributed by atoms with Gasteiger partial charge in [0.05, 0.1) is 11.4 Å². The van der Waals surface area contributed by atoms with Crippen LogP contribution in [-0.2, 0) is 12.2 Å². The van der Waals surface area contributed by atoms with Crippen molar-refractivity contribution in [2.24, 2.45) is 10.2 Å². The van der Waals surface area contributed by atoms with Gasteiger partial charge < -0.3 is 0 Å². The zero-order chi connectivity index (χ0) is 15.4. The number of pyridine rings is 1. The lowest BCUT2D eigenvalue weighted by Crippen LogP contribution is -2.04. The number of hydrogen-bond acceptors (Lipinski definition) is 4. The van der Waals surface area contributed by atoms with Gasteiger partial charge in [-0.1, -0.05) is 31.2 Å². The molecule has 0 N–H and O–H groups in total. The molecule has 0 saturated carbocycles. The third kappa shape index (κ3) is 3.45. The van der Waals surface area contributed by atoms with Crippen molar-refractivity contribution in [3.8, 4) is 0 Å². The van der Waals surface area contributed by atoms with Crippen molar-refractivity contribution in [3.63, 3.8) is 0 Å². The molecule has 0 radical (unpaired) electrons. The minimum absolute atomic E-state index is 0.823. The third-order valence-electron chi connectivity index (χ3n) is 3.72. The van der Waals surface area contributed by atoms with Crippen molar-refractivity contribution in [1.29, 1.82) is 0 Å². The van der Waals surface area contributed by atoms with Crippen LogP contribution < -0.4 is 0 Å². The summed E-state index contributed by atoms with van der Waals surface area (Å²) in [5.41, 5.74) is 6.01. The molecular weight excluding hydrogens is 290 g/mol. The lowest BCUT2D eigenvalue weighted by Gasteiger charge is -2.07. The molecule has 4 heteroatoms. The van der Waals surface area contributed by atoms with E-state index in [1.54, 1.807) is 11.8 Å². The molecular formula is C18H19N3S. The third-order valence-corrected chi connectivity index (χ3v) is 4.72. The summed E-state index contributed by atoms with van der Waals surface area (Å²) >= 11 is 1.72. The Morgan fingerprint density at radius 2 is 2.05 bits per heavy atom. The number of rotatable bonds is 4. The predicted molar refractivity (Wildman–Crippen MR) is 94.7 cm³/mol. The first kappa shape index (κ1) is 15.0. The summed E-state index contributed by atoms with van der Waals surface area (Å²) in [4.78, 5) is 4.34. The Morgan fingerprint density at radius 3 is 2.77 bits per heavy atom. The molecule has 112 valence electrons. The van der Waals surface area contributed by atoms with Gasteiger partial charge in [0.25, 0.3) is 0 Å². The van der Waals surface area contributed by atoms with E-state index in [4.69, 9.17) is 0 Å². The molecule has 0 amide bonds. The van der Waals surface area contributed by atoms with Gasteiger partial charge in [-0.3, -0.25) is 4.98 Å². The molecule has 2 heterocycles. The van der Waals surface area contributed by atoms with E-state index < -0.39 is 0 Å². The van der Waals surface area contributed by atoms with Gasteiger partial charge in [0.2, 0.25) is 0 Å². The zero-order valence-electron chi connectivity index (χ0n) is 12.9. The quantitative estimate of drug-likeness (QED) is 0.840. The molecule has 0 spiro atoms. The van der Waals surface area contributed by atoms with Crippen molar-refractivity contribution in [2.75, 3.05) is 0 Å². The van der Waals surface area contributed by atoms with Gasteiger partial charge in [0.1, 0.15) is 5.04 Å². The van der Waals surface area contributed by atoms with Crippen LogP contribution in [0.4, 0.5) is 0 Å². The first-order valence-corrected chi connectivity index (χ1v) is 8.51. The molecule has 22 heavy (non-hydrogen) atoms. The summed E-state index contributed by atoms with van der Waals surface area (Å²) in [5, 5.41) is 9.78. The minimum atomic E-state index is 0.823. The van der Waals surface area contributed by atoms with E-state index in [1.165, 1.54) is 16.7 Å². The number of nitrogens with zero attached hydrogens (tertiary/aromatic N) is 3. The normalized spacial score (nSPS) is 13.9. The van der Waals surface area contributed by atoms with Gasteiger partial charge in [-0.25, -0.2) is 0 Å². The molecule has 0 atom stereocenters. The Hall–Kier alpha value is -1.94. The van der Waals surface area contributed by atoms with Crippen molar-refractivity contribution in [1.82, 2.24) is 4.98 Å². The highest BCUT2D eigenvalue weighted by molar-refractivity contribution is 8.13. The average molecular weight is 309 g/mol. The van der Waals surface area contributed by atoms with Crippen LogP contribution in [0.5, 0.6) is 0 Å². The Labute approximate surface area is 135 Å². The van der Waals surface area contributed by atoms with E-state index in [1.807, 2.05) is 24.4 Å². The zero-order valence-corrected chi connectivity index (χ0v) is 13.7.